The Hall–Kier alpha value is -0.130. The Kier molecular flexibility index (Phi) is 3.05. The topological polar surface area (TPSA) is 57.6 Å². The number of nitrogens with zero attached hydrogens (tertiary/aromatic N) is 1. The Morgan fingerprint density at radius 2 is 2.00 bits per heavy atom. The van der Waals surface area contributed by atoms with Crippen molar-refractivity contribution in [1.29, 1.82) is 0 Å². The quantitative estimate of drug-likeness (QED) is 0.766. The number of hydrogen-bond acceptors (Lipinski definition) is 3. The van der Waals surface area contributed by atoms with E-state index in [1.54, 1.807) is 0 Å². The molecule has 0 amide bonds. The van der Waals surface area contributed by atoms with Crippen LogP contribution in [-0.4, -0.2) is 42.8 Å². The van der Waals surface area contributed by atoms with Crippen LogP contribution < -0.4 is 0 Å². The monoisotopic (exact) mass is 233 g/mol. The van der Waals surface area contributed by atoms with Crippen LogP contribution in [0.2, 0.25) is 0 Å². The first kappa shape index (κ1) is 11.4. The molecule has 1 aliphatic carbocycles. The van der Waals surface area contributed by atoms with E-state index in [4.69, 9.17) is 0 Å². The molecule has 0 aromatic heterocycles. The second-order valence-electron chi connectivity index (χ2n) is 4.85. The summed E-state index contributed by atoms with van der Waals surface area (Å²) in [5.41, 5.74) is 0. The maximum atomic E-state index is 12.0. The molecule has 1 N–H and O–H groups in total. The highest BCUT2D eigenvalue weighted by Gasteiger charge is 2.40. The molecule has 2 unspecified atom stereocenters. The van der Waals surface area contributed by atoms with Gasteiger partial charge in [-0.05, 0) is 31.1 Å². The molecule has 2 aliphatic rings. The zero-order chi connectivity index (χ0) is 11.1. The van der Waals surface area contributed by atoms with Crippen LogP contribution in [0.5, 0.6) is 0 Å². The molecule has 0 aromatic carbocycles. The molecular weight excluding hydrogens is 214 g/mol. The molecule has 1 aliphatic heterocycles. The second kappa shape index (κ2) is 4.03. The van der Waals surface area contributed by atoms with Crippen molar-refractivity contribution in [3.05, 3.63) is 0 Å². The fourth-order valence-corrected chi connectivity index (χ4v) is 4.46. The lowest BCUT2D eigenvalue weighted by Crippen LogP contribution is -2.41. The first-order valence-corrected chi connectivity index (χ1v) is 7.26. The van der Waals surface area contributed by atoms with Gasteiger partial charge in [-0.3, -0.25) is 0 Å². The number of hydrogen-bond donors (Lipinski definition) is 1. The summed E-state index contributed by atoms with van der Waals surface area (Å²) in [7, 11) is -3.12. The maximum Gasteiger partial charge on any atom is 0.214 e. The third-order valence-corrected chi connectivity index (χ3v) is 5.58. The highest BCUT2D eigenvalue weighted by Crippen LogP contribution is 2.34. The van der Waals surface area contributed by atoms with Crippen molar-refractivity contribution in [2.75, 3.05) is 18.9 Å². The molecule has 0 spiro atoms. The Labute approximate surface area is 91.3 Å². The summed E-state index contributed by atoms with van der Waals surface area (Å²) in [4.78, 5) is 0. The van der Waals surface area contributed by atoms with Crippen molar-refractivity contribution in [1.82, 2.24) is 4.31 Å². The summed E-state index contributed by atoms with van der Waals surface area (Å²) in [6, 6.07) is -0.186. The van der Waals surface area contributed by atoms with Gasteiger partial charge in [0.1, 0.15) is 0 Å². The van der Waals surface area contributed by atoms with Crippen LogP contribution in [0.15, 0.2) is 0 Å². The highest BCUT2D eigenvalue weighted by molar-refractivity contribution is 7.89. The first-order valence-electron chi connectivity index (χ1n) is 5.65. The van der Waals surface area contributed by atoms with Gasteiger partial charge in [0.15, 0.2) is 0 Å². The van der Waals surface area contributed by atoms with Gasteiger partial charge < -0.3 is 5.11 Å². The van der Waals surface area contributed by atoms with E-state index < -0.39 is 10.0 Å². The molecule has 15 heavy (non-hydrogen) atoms. The average Bonchev–Trinajstić information content (AvgIpc) is 2.85. The third kappa shape index (κ3) is 2.34. The highest BCUT2D eigenvalue weighted by atomic mass is 32.2. The standard InChI is InChI=1S/C10H19NO3S/c1-8-4-5-11(10(8)6-12)15(13,14)7-9-2-3-9/h8-10,12H,2-7H2,1H3. The van der Waals surface area contributed by atoms with Crippen molar-refractivity contribution in [3.8, 4) is 0 Å². The molecule has 1 saturated carbocycles. The number of aliphatic hydroxyl groups is 1. The van der Waals surface area contributed by atoms with Gasteiger partial charge in [0.05, 0.1) is 18.4 Å². The van der Waals surface area contributed by atoms with Gasteiger partial charge in [0.2, 0.25) is 10.0 Å². The van der Waals surface area contributed by atoms with E-state index >= 15 is 0 Å². The lowest BCUT2D eigenvalue weighted by molar-refractivity contribution is 0.191. The average molecular weight is 233 g/mol. The number of sulfonamides is 1. The summed E-state index contributed by atoms with van der Waals surface area (Å²) in [6.07, 6.45) is 2.97. The van der Waals surface area contributed by atoms with Crippen molar-refractivity contribution in [2.45, 2.75) is 32.2 Å². The van der Waals surface area contributed by atoms with Crippen LogP contribution in [0.3, 0.4) is 0 Å². The van der Waals surface area contributed by atoms with Gasteiger partial charge in [-0.1, -0.05) is 6.92 Å². The van der Waals surface area contributed by atoms with E-state index in [-0.39, 0.29) is 24.3 Å². The minimum atomic E-state index is -3.12. The fourth-order valence-electron chi connectivity index (χ4n) is 2.27. The molecule has 1 saturated heterocycles. The molecule has 1 heterocycles. The SMILES string of the molecule is CC1CCN(S(=O)(=O)CC2CC2)C1CO. The van der Waals surface area contributed by atoms with Crippen LogP contribution in [-0.2, 0) is 10.0 Å². The minimum Gasteiger partial charge on any atom is -0.395 e. The molecule has 4 nitrogen and oxygen atoms in total. The molecule has 2 atom stereocenters. The van der Waals surface area contributed by atoms with E-state index in [0.717, 1.165) is 19.3 Å². The van der Waals surface area contributed by atoms with Gasteiger partial charge in [-0.15, -0.1) is 0 Å². The van der Waals surface area contributed by atoms with E-state index in [1.165, 1.54) is 4.31 Å². The molecule has 5 heteroatoms. The van der Waals surface area contributed by atoms with Crippen LogP contribution in [0.4, 0.5) is 0 Å². The zero-order valence-electron chi connectivity index (χ0n) is 9.09. The Bertz CT molecular complexity index is 324. The Balaban J connectivity index is 2.07. The Morgan fingerprint density at radius 3 is 2.53 bits per heavy atom. The second-order valence-corrected chi connectivity index (χ2v) is 6.81. The minimum absolute atomic E-state index is 0.0505. The van der Waals surface area contributed by atoms with Crippen molar-refractivity contribution >= 4 is 10.0 Å². The normalized spacial score (nSPS) is 33.5. The van der Waals surface area contributed by atoms with Gasteiger partial charge in [-0.25, -0.2) is 8.42 Å². The summed E-state index contributed by atoms with van der Waals surface area (Å²) in [6.45, 7) is 2.54. The van der Waals surface area contributed by atoms with Crippen LogP contribution in [0, 0.1) is 11.8 Å². The smallest absolute Gasteiger partial charge is 0.214 e. The lowest BCUT2D eigenvalue weighted by atomic mass is 10.0. The van der Waals surface area contributed by atoms with Crippen molar-refractivity contribution < 1.29 is 13.5 Å². The molecule has 2 rings (SSSR count). The van der Waals surface area contributed by atoms with E-state index in [2.05, 4.69) is 0 Å². The van der Waals surface area contributed by atoms with Crippen LogP contribution in [0.25, 0.3) is 0 Å². The molecule has 88 valence electrons. The van der Waals surface area contributed by atoms with E-state index in [9.17, 15) is 13.5 Å². The summed E-state index contributed by atoms with van der Waals surface area (Å²) in [5.74, 6) is 0.949. The predicted octanol–water partition coefficient (Wildman–Crippen LogP) is 0.429. The molecule has 0 radical (unpaired) electrons. The van der Waals surface area contributed by atoms with Gasteiger partial charge in [-0.2, -0.15) is 4.31 Å². The van der Waals surface area contributed by atoms with Gasteiger partial charge >= 0.3 is 0 Å². The molecule has 0 aromatic rings. The Morgan fingerprint density at radius 1 is 1.33 bits per heavy atom. The van der Waals surface area contributed by atoms with Crippen LogP contribution >= 0.6 is 0 Å². The molecular formula is C10H19NO3S. The fraction of sp³-hybridized carbons (Fsp3) is 1.00. The maximum absolute atomic E-state index is 12.0. The predicted molar refractivity (Wildman–Crippen MR) is 57.9 cm³/mol. The largest absolute Gasteiger partial charge is 0.395 e. The third-order valence-electron chi connectivity index (χ3n) is 3.52. The van der Waals surface area contributed by atoms with Gasteiger partial charge in [0, 0.05) is 6.54 Å². The van der Waals surface area contributed by atoms with Crippen LogP contribution in [0.1, 0.15) is 26.2 Å². The number of rotatable bonds is 4. The van der Waals surface area contributed by atoms with Crippen molar-refractivity contribution in [2.24, 2.45) is 11.8 Å². The van der Waals surface area contributed by atoms with E-state index in [1.807, 2.05) is 6.92 Å². The van der Waals surface area contributed by atoms with Crippen molar-refractivity contribution in [3.63, 3.8) is 0 Å². The summed E-state index contributed by atoms with van der Waals surface area (Å²) >= 11 is 0. The van der Waals surface area contributed by atoms with E-state index in [0.29, 0.717) is 12.5 Å². The van der Waals surface area contributed by atoms with Gasteiger partial charge in [0.25, 0.3) is 0 Å². The summed E-state index contributed by atoms with van der Waals surface area (Å²) < 4.78 is 25.5. The first-order chi connectivity index (χ1) is 7.04. The number of aliphatic hydroxyl groups excluding tert-OH is 1. The summed E-state index contributed by atoms with van der Waals surface area (Å²) in [5, 5.41) is 9.21. The lowest BCUT2D eigenvalue weighted by Gasteiger charge is -2.24. The molecule has 0 bridgehead atoms. The zero-order valence-corrected chi connectivity index (χ0v) is 9.91. The molecule has 2 fully saturated rings.